The van der Waals surface area contributed by atoms with E-state index in [1.54, 1.807) is 0 Å². The Kier molecular flexibility index (Phi) is 11.0. The standard InChI is InChI=1S/C74H64N4/c1-9-25-65-57(17-1)58-18-2-10-26-66(58)75(65)53-41-33-49(34-42-53)73(50-35-43-54(44-36-50)76-67-27-11-3-19-59(67)60-20-4-12-28-68(60)76)74(51-37-45-55(46-38-51)77-69-29-13-5-21-61(69)62-22-6-14-30-70(62)77)52-39-47-56(48-40-52)78-71-31-15-7-23-63(71)64-24-8-16-32-72(64)78/h1,3,5,7,9,11,13,15,17,19,21,23,25,27,29,31,33-48H,2,4,6,8,10,12,14,16,18,20,22,24,26,28,30,32H2. The molecule has 4 heteroatoms. The smallest absolute Gasteiger partial charge is 0.0534 e. The number of hydrogen-bond acceptors (Lipinski definition) is 0. The van der Waals surface area contributed by atoms with E-state index in [1.807, 2.05) is 0 Å². The van der Waals surface area contributed by atoms with Gasteiger partial charge in [0.1, 0.15) is 0 Å². The van der Waals surface area contributed by atoms with Gasteiger partial charge in [-0.05, 0) is 231 Å². The van der Waals surface area contributed by atoms with Crippen LogP contribution in [0.5, 0.6) is 0 Å². The van der Waals surface area contributed by atoms with Crippen molar-refractivity contribution in [2.24, 2.45) is 0 Å². The summed E-state index contributed by atoms with van der Waals surface area (Å²) < 4.78 is 10.3. The SMILES string of the molecule is c1ccc2c(c1)c1c(n2-c2ccc(C(=C(c3ccc(-n4c5c(c6ccccc64)CCCC5)cc3)c3ccc(-n4c5c(c6ccccc64)CCCC5)cc3)c3ccc(-n4c5c(c6ccccc64)CCCC5)cc3)cc2)CCCC1. The van der Waals surface area contributed by atoms with Crippen LogP contribution in [-0.4, -0.2) is 18.3 Å². The van der Waals surface area contributed by atoms with Crippen molar-refractivity contribution in [2.45, 2.75) is 103 Å². The first-order valence-electron chi connectivity index (χ1n) is 29.4. The van der Waals surface area contributed by atoms with Crippen molar-refractivity contribution in [1.29, 1.82) is 0 Å². The lowest BCUT2D eigenvalue weighted by Crippen LogP contribution is -2.08. The Hall–Kier alpha value is -8.34. The molecule has 0 atom stereocenters. The first-order chi connectivity index (χ1) is 38.7. The lowest BCUT2D eigenvalue weighted by molar-refractivity contribution is 0.667. The Morgan fingerprint density at radius 2 is 0.423 bits per heavy atom. The lowest BCUT2D eigenvalue weighted by Gasteiger charge is -2.22. The molecule has 4 aliphatic rings. The highest BCUT2D eigenvalue weighted by Crippen LogP contribution is 2.43. The van der Waals surface area contributed by atoms with Gasteiger partial charge in [0.05, 0.1) is 22.1 Å². The second kappa shape index (κ2) is 18.7. The molecule has 0 radical (unpaired) electrons. The second-order valence-electron chi connectivity index (χ2n) is 22.9. The molecule has 4 aromatic heterocycles. The van der Waals surface area contributed by atoms with Gasteiger partial charge >= 0.3 is 0 Å². The summed E-state index contributed by atoms with van der Waals surface area (Å²) in [6, 6.07) is 74.8. The number of aromatic nitrogens is 4. The van der Waals surface area contributed by atoms with Gasteiger partial charge in [-0.3, -0.25) is 0 Å². The lowest BCUT2D eigenvalue weighted by atomic mass is 9.85. The molecule has 0 unspecified atom stereocenters. The molecule has 0 aliphatic heterocycles. The molecule has 12 aromatic rings. The van der Waals surface area contributed by atoms with E-state index >= 15 is 0 Å². The molecule has 0 amide bonds. The summed E-state index contributed by atoms with van der Waals surface area (Å²) in [6.45, 7) is 0. The van der Waals surface area contributed by atoms with Crippen molar-refractivity contribution in [3.05, 3.63) is 261 Å². The molecule has 0 saturated carbocycles. The zero-order chi connectivity index (χ0) is 51.3. The molecule has 16 rings (SSSR count). The fraction of sp³-hybridized carbons (Fsp3) is 0.216. The Bertz CT molecular complexity index is 3780. The van der Waals surface area contributed by atoms with Gasteiger partial charge in [-0.2, -0.15) is 0 Å². The van der Waals surface area contributed by atoms with Crippen molar-refractivity contribution >= 4 is 54.8 Å². The van der Waals surface area contributed by atoms with Crippen LogP contribution in [0.1, 0.15) is 119 Å². The van der Waals surface area contributed by atoms with Crippen LogP contribution in [0, 0.1) is 0 Å². The molecule has 4 nitrogen and oxygen atoms in total. The molecule has 4 heterocycles. The summed E-state index contributed by atoms with van der Waals surface area (Å²) in [4.78, 5) is 0. The monoisotopic (exact) mass is 1010 g/mol. The minimum atomic E-state index is 1.11. The van der Waals surface area contributed by atoms with Crippen LogP contribution < -0.4 is 0 Å². The van der Waals surface area contributed by atoms with Crippen molar-refractivity contribution in [2.75, 3.05) is 0 Å². The Balaban J connectivity index is 0.913. The molecule has 0 spiro atoms. The summed E-state index contributed by atoms with van der Waals surface area (Å²) in [7, 11) is 0. The molecular formula is C74H64N4. The molecule has 4 aliphatic carbocycles. The number of para-hydroxylation sites is 4. The zero-order valence-corrected chi connectivity index (χ0v) is 44.6. The first kappa shape index (κ1) is 45.8. The fourth-order valence-electron chi connectivity index (χ4n) is 15.2. The van der Waals surface area contributed by atoms with E-state index in [1.165, 1.54) is 196 Å². The van der Waals surface area contributed by atoms with E-state index in [2.05, 4.69) is 212 Å². The Labute approximate surface area is 457 Å². The van der Waals surface area contributed by atoms with Gasteiger partial charge in [-0.15, -0.1) is 0 Å². The van der Waals surface area contributed by atoms with E-state index in [9.17, 15) is 0 Å². The Morgan fingerprint density at radius 3 is 0.654 bits per heavy atom. The summed E-state index contributed by atoms with van der Waals surface area (Å²) in [6.07, 6.45) is 19.0. The highest BCUT2D eigenvalue weighted by Gasteiger charge is 2.27. The van der Waals surface area contributed by atoms with Crippen LogP contribution in [-0.2, 0) is 51.4 Å². The van der Waals surface area contributed by atoms with E-state index in [0.29, 0.717) is 0 Å². The summed E-state index contributed by atoms with van der Waals surface area (Å²) >= 11 is 0. The van der Waals surface area contributed by atoms with E-state index in [0.717, 1.165) is 51.4 Å². The highest BCUT2D eigenvalue weighted by molar-refractivity contribution is 6.05. The predicted molar refractivity (Wildman–Crippen MR) is 325 cm³/mol. The Morgan fingerprint density at radius 1 is 0.218 bits per heavy atom. The third kappa shape index (κ3) is 7.25. The molecule has 0 bridgehead atoms. The molecule has 78 heavy (non-hydrogen) atoms. The minimum absolute atomic E-state index is 1.11. The molecule has 0 N–H and O–H groups in total. The second-order valence-corrected chi connectivity index (χ2v) is 22.9. The van der Waals surface area contributed by atoms with Crippen molar-refractivity contribution in [3.8, 4) is 22.7 Å². The van der Waals surface area contributed by atoms with Gasteiger partial charge in [0, 0.05) is 67.1 Å². The summed E-state index contributed by atoms with van der Waals surface area (Å²) in [5.41, 5.74) is 29.6. The average molecular weight is 1010 g/mol. The van der Waals surface area contributed by atoms with Gasteiger partial charge < -0.3 is 18.3 Å². The van der Waals surface area contributed by atoms with Crippen LogP contribution in [0.15, 0.2) is 194 Å². The summed E-state index contributed by atoms with van der Waals surface area (Å²) in [5.74, 6) is 0. The van der Waals surface area contributed by atoms with Gasteiger partial charge in [0.25, 0.3) is 0 Å². The molecule has 0 saturated heterocycles. The van der Waals surface area contributed by atoms with Crippen LogP contribution in [0.3, 0.4) is 0 Å². The third-order valence-corrected chi connectivity index (χ3v) is 18.6. The zero-order valence-electron chi connectivity index (χ0n) is 44.6. The normalized spacial score (nSPS) is 15.1. The molecular weight excluding hydrogens is 945 g/mol. The predicted octanol–water partition coefficient (Wildman–Crippen LogP) is 18.0. The topological polar surface area (TPSA) is 19.7 Å². The number of fused-ring (bicyclic) bond motifs is 12. The van der Waals surface area contributed by atoms with Gasteiger partial charge in [0.2, 0.25) is 0 Å². The van der Waals surface area contributed by atoms with Crippen molar-refractivity contribution in [1.82, 2.24) is 18.3 Å². The fourth-order valence-corrected chi connectivity index (χ4v) is 15.2. The van der Waals surface area contributed by atoms with Gasteiger partial charge in [-0.25, -0.2) is 0 Å². The van der Waals surface area contributed by atoms with E-state index < -0.39 is 0 Å². The number of rotatable bonds is 8. The first-order valence-corrected chi connectivity index (χ1v) is 29.4. The quantitative estimate of drug-likeness (QED) is 0.135. The number of benzene rings is 8. The average Bonchev–Trinajstić information content (AvgIpc) is 4.30. The van der Waals surface area contributed by atoms with Crippen LogP contribution in [0.4, 0.5) is 0 Å². The van der Waals surface area contributed by atoms with E-state index in [4.69, 9.17) is 0 Å². The number of aryl methyl sites for hydroxylation is 4. The van der Waals surface area contributed by atoms with Crippen LogP contribution in [0.25, 0.3) is 77.5 Å². The minimum Gasteiger partial charge on any atom is -0.313 e. The number of nitrogens with zero attached hydrogens (tertiary/aromatic N) is 4. The maximum absolute atomic E-state index is 2.57. The van der Waals surface area contributed by atoms with Gasteiger partial charge in [0.15, 0.2) is 0 Å². The molecule has 380 valence electrons. The highest BCUT2D eigenvalue weighted by atomic mass is 15.0. The molecule has 0 fully saturated rings. The van der Waals surface area contributed by atoms with Crippen molar-refractivity contribution in [3.63, 3.8) is 0 Å². The third-order valence-electron chi connectivity index (χ3n) is 18.6. The maximum atomic E-state index is 2.57. The maximum Gasteiger partial charge on any atom is 0.0534 e. The summed E-state index contributed by atoms with van der Waals surface area (Å²) in [5, 5.41) is 5.63. The van der Waals surface area contributed by atoms with Crippen LogP contribution >= 0.6 is 0 Å². The largest absolute Gasteiger partial charge is 0.313 e. The van der Waals surface area contributed by atoms with Gasteiger partial charge in [-0.1, -0.05) is 121 Å². The van der Waals surface area contributed by atoms with E-state index in [-0.39, 0.29) is 0 Å². The molecule has 8 aromatic carbocycles. The number of hydrogen-bond donors (Lipinski definition) is 0. The van der Waals surface area contributed by atoms with Crippen molar-refractivity contribution < 1.29 is 0 Å². The van der Waals surface area contributed by atoms with Crippen LogP contribution in [0.2, 0.25) is 0 Å².